The van der Waals surface area contributed by atoms with Crippen LogP contribution in [0.2, 0.25) is 0 Å². The van der Waals surface area contributed by atoms with Gasteiger partial charge < -0.3 is 15.5 Å². The molecule has 2 unspecified atom stereocenters. The van der Waals surface area contributed by atoms with E-state index in [0.29, 0.717) is 6.42 Å². The molecule has 0 aromatic rings. The van der Waals surface area contributed by atoms with Crippen molar-refractivity contribution in [2.45, 2.75) is 193 Å². The normalized spacial score (nSPS) is 13.5. The average molecular weight is 590 g/mol. The maximum absolute atomic E-state index is 12.1. The van der Waals surface area contributed by atoms with Gasteiger partial charge in [-0.05, 0) is 44.9 Å². The van der Waals surface area contributed by atoms with Crippen molar-refractivity contribution >= 4 is 5.91 Å². The van der Waals surface area contributed by atoms with Gasteiger partial charge in [0.2, 0.25) is 5.91 Å². The SMILES string of the molecule is CCC/C=C/C(O)C(CO)NC(=O)CCCCCCCCCCCCCCCCC/C=C\C/C=C\CCCCCCC. The predicted molar refractivity (Wildman–Crippen MR) is 184 cm³/mol. The lowest BCUT2D eigenvalue weighted by Gasteiger charge is -2.19. The Morgan fingerprint density at radius 3 is 1.48 bits per heavy atom. The standard InChI is InChI=1S/C38H71NO3/c1-3-5-7-8-9-10-11-12-13-14-15-16-17-18-19-20-21-22-23-24-25-26-27-28-29-30-32-34-38(42)39-36(35-40)37(41)33-31-6-4-2/h11-12,14-15,31,33,36-37,40-41H,3-10,13,16-30,32,34-35H2,1-2H3,(H,39,42)/b12-11-,15-14-,33-31+. The maximum Gasteiger partial charge on any atom is 0.220 e. The minimum atomic E-state index is -0.833. The molecule has 0 fully saturated rings. The molecule has 2 atom stereocenters. The quantitative estimate of drug-likeness (QED) is 0.0540. The largest absolute Gasteiger partial charge is 0.394 e. The number of nitrogens with one attached hydrogen (secondary N) is 1. The molecule has 0 aliphatic rings. The molecule has 0 aliphatic carbocycles. The highest BCUT2D eigenvalue weighted by atomic mass is 16.3. The molecule has 1 amide bonds. The summed E-state index contributed by atoms with van der Waals surface area (Å²) < 4.78 is 0. The fourth-order valence-corrected chi connectivity index (χ4v) is 5.27. The lowest BCUT2D eigenvalue weighted by molar-refractivity contribution is -0.123. The van der Waals surface area contributed by atoms with Crippen LogP contribution in [-0.2, 0) is 4.79 Å². The number of hydrogen-bond acceptors (Lipinski definition) is 3. The molecule has 4 heteroatoms. The number of aliphatic hydroxyl groups is 2. The summed E-state index contributed by atoms with van der Waals surface area (Å²) in [6.45, 7) is 4.10. The minimum absolute atomic E-state index is 0.0772. The molecule has 246 valence electrons. The van der Waals surface area contributed by atoms with Crippen molar-refractivity contribution in [2.75, 3.05) is 6.61 Å². The van der Waals surface area contributed by atoms with E-state index in [4.69, 9.17) is 0 Å². The molecule has 0 bridgehead atoms. The first-order valence-electron chi connectivity index (χ1n) is 18.2. The van der Waals surface area contributed by atoms with Crippen LogP contribution in [0.25, 0.3) is 0 Å². The van der Waals surface area contributed by atoms with Crippen LogP contribution in [0, 0.1) is 0 Å². The lowest BCUT2D eigenvalue weighted by atomic mass is 10.0. The van der Waals surface area contributed by atoms with E-state index in [2.05, 4.69) is 43.5 Å². The van der Waals surface area contributed by atoms with E-state index in [0.717, 1.165) is 32.1 Å². The van der Waals surface area contributed by atoms with E-state index in [-0.39, 0.29) is 12.5 Å². The molecule has 4 nitrogen and oxygen atoms in total. The molecule has 0 rings (SSSR count). The Balaban J connectivity index is 3.37. The Labute approximate surface area is 261 Å². The highest BCUT2D eigenvalue weighted by molar-refractivity contribution is 5.76. The van der Waals surface area contributed by atoms with Crippen LogP contribution in [0.1, 0.15) is 181 Å². The zero-order valence-corrected chi connectivity index (χ0v) is 28.0. The first-order valence-corrected chi connectivity index (χ1v) is 18.2. The van der Waals surface area contributed by atoms with Gasteiger partial charge in [-0.2, -0.15) is 0 Å². The summed E-state index contributed by atoms with van der Waals surface area (Å²) in [6, 6.07) is -0.615. The first kappa shape index (κ1) is 40.6. The van der Waals surface area contributed by atoms with Gasteiger partial charge in [0.1, 0.15) is 0 Å². The molecular weight excluding hydrogens is 518 g/mol. The molecule has 42 heavy (non-hydrogen) atoms. The summed E-state index contributed by atoms with van der Waals surface area (Å²) >= 11 is 0. The van der Waals surface area contributed by atoms with Crippen molar-refractivity contribution in [1.29, 1.82) is 0 Å². The van der Waals surface area contributed by atoms with Crippen molar-refractivity contribution in [3.05, 3.63) is 36.5 Å². The van der Waals surface area contributed by atoms with E-state index < -0.39 is 12.1 Å². The number of hydrogen-bond donors (Lipinski definition) is 3. The van der Waals surface area contributed by atoms with Crippen LogP contribution >= 0.6 is 0 Å². The van der Waals surface area contributed by atoms with Gasteiger partial charge in [-0.1, -0.05) is 166 Å². The number of aliphatic hydroxyl groups excluding tert-OH is 2. The predicted octanol–water partition coefficient (Wildman–Crippen LogP) is 10.7. The molecule has 0 aromatic heterocycles. The fourth-order valence-electron chi connectivity index (χ4n) is 5.27. The van der Waals surface area contributed by atoms with Crippen LogP contribution in [0.4, 0.5) is 0 Å². The van der Waals surface area contributed by atoms with Gasteiger partial charge in [0.15, 0.2) is 0 Å². The van der Waals surface area contributed by atoms with Crippen LogP contribution in [0.15, 0.2) is 36.5 Å². The van der Waals surface area contributed by atoms with Gasteiger partial charge in [-0.25, -0.2) is 0 Å². The Bertz CT molecular complexity index is 642. The Morgan fingerprint density at radius 1 is 0.571 bits per heavy atom. The lowest BCUT2D eigenvalue weighted by Crippen LogP contribution is -2.45. The van der Waals surface area contributed by atoms with Crippen LogP contribution in [0.3, 0.4) is 0 Å². The van der Waals surface area contributed by atoms with Crippen molar-refractivity contribution in [1.82, 2.24) is 5.32 Å². The first-order chi connectivity index (χ1) is 20.7. The van der Waals surface area contributed by atoms with Gasteiger partial charge in [0.25, 0.3) is 0 Å². The molecule has 0 saturated heterocycles. The molecule has 3 N–H and O–H groups in total. The zero-order chi connectivity index (χ0) is 30.8. The summed E-state index contributed by atoms with van der Waals surface area (Å²) in [4.78, 5) is 12.1. The van der Waals surface area contributed by atoms with Crippen LogP contribution < -0.4 is 5.32 Å². The topological polar surface area (TPSA) is 69.6 Å². The van der Waals surface area contributed by atoms with E-state index >= 15 is 0 Å². The molecule has 0 aromatic carbocycles. The summed E-state index contributed by atoms with van der Waals surface area (Å²) in [5.74, 6) is -0.0772. The average Bonchev–Trinajstić information content (AvgIpc) is 2.99. The van der Waals surface area contributed by atoms with Gasteiger partial charge in [-0.3, -0.25) is 4.79 Å². The minimum Gasteiger partial charge on any atom is -0.394 e. The number of amides is 1. The van der Waals surface area contributed by atoms with Gasteiger partial charge in [-0.15, -0.1) is 0 Å². The van der Waals surface area contributed by atoms with Crippen molar-refractivity contribution in [3.8, 4) is 0 Å². The number of carbonyl (C=O) groups is 1. The highest BCUT2D eigenvalue weighted by Gasteiger charge is 2.17. The summed E-state index contributed by atoms with van der Waals surface area (Å²) in [5.41, 5.74) is 0. The molecule has 0 aliphatic heterocycles. The third kappa shape index (κ3) is 30.1. The van der Waals surface area contributed by atoms with Gasteiger partial charge in [0.05, 0.1) is 18.8 Å². The summed E-state index contributed by atoms with van der Waals surface area (Å²) in [7, 11) is 0. The van der Waals surface area contributed by atoms with E-state index in [1.807, 2.05) is 6.08 Å². The second-order valence-electron chi connectivity index (χ2n) is 12.3. The monoisotopic (exact) mass is 590 g/mol. The van der Waals surface area contributed by atoms with Crippen LogP contribution in [0.5, 0.6) is 0 Å². The second kappa shape index (κ2) is 34.1. The third-order valence-corrected chi connectivity index (χ3v) is 8.10. The summed E-state index contributed by atoms with van der Waals surface area (Å²) in [6.07, 6.45) is 44.5. The smallest absolute Gasteiger partial charge is 0.220 e. The van der Waals surface area contributed by atoms with Gasteiger partial charge in [0, 0.05) is 6.42 Å². The maximum atomic E-state index is 12.1. The molecule has 0 saturated carbocycles. The molecule has 0 spiro atoms. The van der Waals surface area contributed by atoms with Crippen molar-refractivity contribution < 1.29 is 15.0 Å². The van der Waals surface area contributed by atoms with E-state index in [9.17, 15) is 15.0 Å². The van der Waals surface area contributed by atoms with E-state index in [1.165, 1.54) is 128 Å². The fraction of sp³-hybridized carbons (Fsp3) is 0.816. The molecular formula is C38H71NO3. The van der Waals surface area contributed by atoms with Crippen molar-refractivity contribution in [3.63, 3.8) is 0 Å². The summed E-state index contributed by atoms with van der Waals surface area (Å²) in [5, 5.41) is 22.3. The number of allylic oxidation sites excluding steroid dienone is 5. The van der Waals surface area contributed by atoms with Crippen LogP contribution in [-0.4, -0.2) is 34.9 Å². The zero-order valence-electron chi connectivity index (χ0n) is 28.0. The van der Waals surface area contributed by atoms with E-state index in [1.54, 1.807) is 6.08 Å². The number of rotatable bonds is 32. The number of unbranched alkanes of at least 4 members (excludes halogenated alkanes) is 21. The third-order valence-electron chi connectivity index (χ3n) is 8.10. The Hall–Kier alpha value is -1.39. The Kier molecular flexibility index (Phi) is 33.0. The second-order valence-corrected chi connectivity index (χ2v) is 12.3. The number of carbonyl (C=O) groups excluding carboxylic acids is 1. The molecule has 0 heterocycles. The van der Waals surface area contributed by atoms with Crippen molar-refractivity contribution in [2.24, 2.45) is 0 Å². The van der Waals surface area contributed by atoms with Gasteiger partial charge >= 0.3 is 0 Å². The Morgan fingerprint density at radius 2 is 1.02 bits per heavy atom. The highest BCUT2D eigenvalue weighted by Crippen LogP contribution is 2.14. The molecule has 0 radical (unpaired) electrons.